The van der Waals surface area contributed by atoms with Gasteiger partial charge in [-0.3, -0.25) is 0 Å². The molecule has 3 aromatic rings. The molecule has 1 aliphatic heterocycles. The quantitative estimate of drug-likeness (QED) is 0.709. The molecule has 0 atom stereocenters. The number of benzene rings is 2. The Bertz CT molecular complexity index is 1070. The molecule has 27 heavy (non-hydrogen) atoms. The van der Waals surface area contributed by atoms with Crippen molar-refractivity contribution in [2.24, 2.45) is 0 Å². The summed E-state index contributed by atoms with van der Waals surface area (Å²) in [7, 11) is 0. The van der Waals surface area contributed by atoms with Crippen LogP contribution in [0.5, 0.6) is 5.75 Å². The first-order valence-corrected chi connectivity index (χ1v) is 8.86. The van der Waals surface area contributed by atoms with Gasteiger partial charge < -0.3 is 19.2 Å². The second-order valence-electron chi connectivity index (χ2n) is 6.58. The number of anilines is 1. The molecule has 2 aromatic carbocycles. The first kappa shape index (κ1) is 17.1. The van der Waals surface area contributed by atoms with E-state index in [0.717, 1.165) is 35.0 Å². The van der Waals surface area contributed by atoms with Crippen LogP contribution in [0.25, 0.3) is 11.0 Å². The van der Waals surface area contributed by atoms with E-state index in [-0.39, 0.29) is 11.2 Å². The van der Waals surface area contributed by atoms with Crippen LogP contribution in [0.4, 0.5) is 5.69 Å². The van der Waals surface area contributed by atoms with Gasteiger partial charge in [-0.1, -0.05) is 13.3 Å². The number of carboxylic acid groups (broad SMARTS) is 1. The third-order valence-electron chi connectivity index (χ3n) is 4.78. The van der Waals surface area contributed by atoms with E-state index < -0.39 is 5.97 Å². The predicted molar refractivity (Wildman–Crippen MR) is 102 cm³/mol. The van der Waals surface area contributed by atoms with Crippen LogP contribution < -0.4 is 15.3 Å². The Morgan fingerprint density at radius 3 is 2.67 bits per heavy atom. The van der Waals surface area contributed by atoms with Crippen molar-refractivity contribution in [2.45, 2.75) is 26.3 Å². The van der Waals surface area contributed by atoms with Gasteiger partial charge in [-0.05, 0) is 48.4 Å². The third-order valence-corrected chi connectivity index (χ3v) is 4.78. The van der Waals surface area contributed by atoms with Crippen LogP contribution in [0.15, 0.2) is 51.7 Å². The summed E-state index contributed by atoms with van der Waals surface area (Å²) in [6.45, 7) is 2.92. The second-order valence-corrected chi connectivity index (χ2v) is 6.58. The normalized spacial score (nSPS) is 13.3. The van der Waals surface area contributed by atoms with E-state index in [1.165, 1.54) is 0 Å². The summed E-state index contributed by atoms with van der Waals surface area (Å²) < 4.78 is 11.4. The summed E-state index contributed by atoms with van der Waals surface area (Å²) in [5, 5.41) is 9.98. The first-order valence-electron chi connectivity index (χ1n) is 8.86. The molecule has 0 bridgehead atoms. The minimum atomic E-state index is -0.960. The van der Waals surface area contributed by atoms with Gasteiger partial charge in [-0.15, -0.1) is 0 Å². The van der Waals surface area contributed by atoms with E-state index in [1.807, 2.05) is 17.0 Å². The first-order chi connectivity index (χ1) is 13.1. The van der Waals surface area contributed by atoms with Crippen molar-refractivity contribution in [3.05, 3.63) is 69.6 Å². The zero-order chi connectivity index (χ0) is 19.0. The molecule has 0 aliphatic carbocycles. The molecule has 0 radical (unpaired) electrons. The van der Waals surface area contributed by atoms with E-state index in [2.05, 4.69) is 6.92 Å². The van der Waals surface area contributed by atoms with E-state index in [4.69, 9.17) is 14.3 Å². The summed E-state index contributed by atoms with van der Waals surface area (Å²) in [4.78, 5) is 25.0. The number of aryl methyl sites for hydroxylation is 1. The number of nitrogens with zero attached hydrogens (tertiary/aromatic N) is 1. The molecular weight excluding hydrogens is 346 g/mol. The molecule has 0 spiro atoms. The topological polar surface area (TPSA) is 80.0 Å². The highest BCUT2D eigenvalue weighted by atomic mass is 16.5. The molecule has 1 aromatic heterocycles. The monoisotopic (exact) mass is 365 g/mol. The van der Waals surface area contributed by atoms with Gasteiger partial charge in [0.15, 0.2) is 6.73 Å². The van der Waals surface area contributed by atoms with Crippen molar-refractivity contribution in [3.8, 4) is 5.75 Å². The highest BCUT2D eigenvalue weighted by Gasteiger charge is 2.22. The average Bonchev–Trinajstić information content (AvgIpc) is 2.67. The lowest BCUT2D eigenvalue weighted by atomic mass is 10.0. The van der Waals surface area contributed by atoms with Gasteiger partial charge in [0, 0.05) is 17.1 Å². The summed E-state index contributed by atoms with van der Waals surface area (Å²) in [5.41, 5.74) is 3.09. The number of hydrogen-bond acceptors (Lipinski definition) is 5. The standard InChI is InChI=1S/C21H19NO5/c1-2-3-14-10-19(23)27-20-16(14)8-9-18-17(20)11-22(12-26-18)15-6-4-13(5-7-15)21(24)25/h4-10H,2-3,11-12H2,1H3,(H,24,25). The Hall–Kier alpha value is -3.28. The number of hydrogen-bond donors (Lipinski definition) is 1. The molecule has 2 heterocycles. The van der Waals surface area contributed by atoms with Crippen LogP contribution in [0.3, 0.4) is 0 Å². The summed E-state index contributed by atoms with van der Waals surface area (Å²) in [6.07, 6.45) is 1.75. The van der Waals surface area contributed by atoms with Crippen molar-refractivity contribution in [2.75, 3.05) is 11.6 Å². The average molecular weight is 365 g/mol. The zero-order valence-corrected chi connectivity index (χ0v) is 14.9. The van der Waals surface area contributed by atoms with E-state index in [1.54, 1.807) is 30.3 Å². The fourth-order valence-electron chi connectivity index (χ4n) is 3.46. The number of carboxylic acids is 1. The molecule has 0 saturated heterocycles. The van der Waals surface area contributed by atoms with Gasteiger partial charge in [-0.2, -0.15) is 0 Å². The van der Waals surface area contributed by atoms with Crippen molar-refractivity contribution < 1.29 is 19.1 Å². The Balaban J connectivity index is 1.75. The van der Waals surface area contributed by atoms with Gasteiger partial charge in [0.25, 0.3) is 0 Å². The van der Waals surface area contributed by atoms with Crippen LogP contribution in [0, 0.1) is 0 Å². The van der Waals surface area contributed by atoms with Crippen molar-refractivity contribution in [3.63, 3.8) is 0 Å². The molecule has 0 saturated carbocycles. The number of rotatable bonds is 4. The van der Waals surface area contributed by atoms with Crippen molar-refractivity contribution in [1.29, 1.82) is 0 Å². The smallest absolute Gasteiger partial charge is 0.336 e. The largest absolute Gasteiger partial charge is 0.478 e. The third kappa shape index (κ3) is 3.14. The number of ether oxygens (including phenoxy) is 1. The Labute approximate surface area is 155 Å². The lowest BCUT2D eigenvalue weighted by Gasteiger charge is -2.31. The number of fused-ring (bicyclic) bond motifs is 3. The molecule has 0 amide bonds. The Morgan fingerprint density at radius 1 is 1.19 bits per heavy atom. The van der Waals surface area contributed by atoms with E-state index in [0.29, 0.717) is 24.6 Å². The Kier molecular flexibility index (Phi) is 4.32. The lowest BCUT2D eigenvalue weighted by Crippen LogP contribution is -2.32. The van der Waals surface area contributed by atoms with Gasteiger partial charge in [0.2, 0.25) is 0 Å². The number of carbonyl (C=O) groups is 1. The molecule has 6 heteroatoms. The minimum Gasteiger partial charge on any atom is -0.478 e. The predicted octanol–water partition coefficient (Wildman–Crippen LogP) is 3.80. The number of aromatic carboxylic acids is 1. The van der Waals surface area contributed by atoms with E-state index in [9.17, 15) is 9.59 Å². The molecule has 1 N–H and O–H groups in total. The molecule has 0 unspecified atom stereocenters. The zero-order valence-electron chi connectivity index (χ0n) is 14.9. The maximum atomic E-state index is 12.0. The van der Waals surface area contributed by atoms with Crippen LogP contribution in [0.1, 0.15) is 34.8 Å². The van der Waals surface area contributed by atoms with Crippen molar-refractivity contribution >= 4 is 22.6 Å². The van der Waals surface area contributed by atoms with Crippen LogP contribution in [-0.4, -0.2) is 17.8 Å². The highest BCUT2D eigenvalue weighted by molar-refractivity contribution is 5.88. The summed E-state index contributed by atoms with van der Waals surface area (Å²) >= 11 is 0. The molecule has 6 nitrogen and oxygen atoms in total. The van der Waals surface area contributed by atoms with Gasteiger partial charge in [0.1, 0.15) is 11.3 Å². The maximum absolute atomic E-state index is 12.0. The van der Waals surface area contributed by atoms with Gasteiger partial charge in [0.05, 0.1) is 17.7 Å². The van der Waals surface area contributed by atoms with Crippen LogP contribution >= 0.6 is 0 Å². The van der Waals surface area contributed by atoms with Crippen molar-refractivity contribution in [1.82, 2.24) is 0 Å². The Morgan fingerprint density at radius 2 is 1.96 bits per heavy atom. The fourth-order valence-corrected chi connectivity index (χ4v) is 3.46. The van der Waals surface area contributed by atoms with Gasteiger partial charge in [-0.25, -0.2) is 9.59 Å². The fraction of sp³-hybridized carbons (Fsp3) is 0.238. The molecule has 0 fully saturated rings. The van der Waals surface area contributed by atoms with Crippen LogP contribution in [0.2, 0.25) is 0 Å². The lowest BCUT2D eigenvalue weighted by molar-refractivity contribution is 0.0697. The highest BCUT2D eigenvalue weighted by Crippen LogP contribution is 2.34. The molecule has 138 valence electrons. The van der Waals surface area contributed by atoms with Gasteiger partial charge >= 0.3 is 11.6 Å². The summed E-state index contributed by atoms with van der Waals surface area (Å²) in [6, 6.07) is 12.1. The second kappa shape index (κ2) is 6.79. The van der Waals surface area contributed by atoms with Crippen LogP contribution in [-0.2, 0) is 13.0 Å². The molecule has 4 rings (SSSR count). The minimum absolute atomic E-state index is 0.234. The van der Waals surface area contributed by atoms with E-state index >= 15 is 0 Å². The SMILES string of the molecule is CCCc1cc(=O)oc2c3c(ccc12)OCN(c1ccc(C(=O)O)cc1)C3. The summed E-state index contributed by atoms with van der Waals surface area (Å²) in [5.74, 6) is -0.254. The maximum Gasteiger partial charge on any atom is 0.336 e. The molecular formula is C21H19NO5. The molecule has 1 aliphatic rings.